The van der Waals surface area contributed by atoms with E-state index >= 15 is 0 Å². The molecule has 2 aromatic carbocycles. The molecule has 0 unspecified atom stereocenters. The molecule has 1 fully saturated rings. The van der Waals surface area contributed by atoms with Gasteiger partial charge in [-0.3, -0.25) is 9.59 Å². The zero-order valence-electron chi connectivity index (χ0n) is 19.4. The van der Waals surface area contributed by atoms with Gasteiger partial charge in [-0.15, -0.1) is 0 Å². The maximum absolute atomic E-state index is 13.5. The van der Waals surface area contributed by atoms with Crippen LogP contribution in [0.4, 0.5) is 0 Å². The lowest BCUT2D eigenvalue weighted by atomic mass is 9.86. The summed E-state index contributed by atoms with van der Waals surface area (Å²) in [6.07, 6.45) is 5.12. The fourth-order valence-corrected chi connectivity index (χ4v) is 5.04. The first-order chi connectivity index (χ1) is 15.4. The van der Waals surface area contributed by atoms with Gasteiger partial charge < -0.3 is 15.0 Å². The predicted molar refractivity (Wildman–Crippen MR) is 126 cm³/mol. The van der Waals surface area contributed by atoms with Crippen LogP contribution in [0.15, 0.2) is 42.5 Å². The van der Waals surface area contributed by atoms with Crippen LogP contribution in [0, 0.1) is 12.8 Å². The molecular formula is C27H34N2O3. The Morgan fingerprint density at radius 2 is 1.91 bits per heavy atom. The van der Waals surface area contributed by atoms with E-state index in [4.69, 9.17) is 4.74 Å². The summed E-state index contributed by atoms with van der Waals surface area (Å²) in [5.74, 6) is 0.951. The molecule has 1 aliphatic carbocycles. The van der Waals surface area contributed by atoms with Crippen molar-refractivity contribution in [2.24, 2.45) is 5.92 Å². The van der Waals surface area contributed by atoms with Gasteiger partial charge in [0.15, 0.2) is 6.61 Å². The van der Waals surface area contributed by atoms with Gasteiger partial charge in [-0.25, -0.2) is 0 Å². The number of carbonyl (C=O) groups excluding carboxylic acids is 2. The Morgan fingerprint density at radius 1 is 1.12 bits per heavy atom. The van der Waals surface area contributed by atoms with Gasteiger partial charge in [-0.1, -0.05) is 48.7 Å². The number of amides is 2. The Hall–Kier alpha value is -2.82. The second kappa shape index (κ2) is 9.76. The molecule has 5 nitrogen and oxygen atoms in total. The molecular weight excluding hydrogens is 400 g/mol. The number of nitrogens with one attached hydrogen (secondary N) is 1. The average Bonchev–Trinajstić information content (AvgIpc) is 3.31. The van der Waals surface area contributed by atoms with E-state index in [9.17, 15) is 9.59 Å². The fraction of sp³-hybridized carbons (Fsp3) is 0.481. The van der Waals surface area contributed by atoms with Crippen molar-refractivity contribution in [2.75, 3.05) is 13.2 Å². The topological polar surface area (TPSA) is 58.6 Å². The summed E-state index contributed by atoms with van der Waals surface area (Å²) in [7, 11) is 0. The first-order valence-electron chi connectivity index (χ1n) is 11.8. The first kappa shape index (κ1) is 22.4. The second-order valence-corrected chi connectivity index (χ2v) is 9.45. The molecule has 0 radical (unpaired) electrons. The molecule has 1 heterocycles. The van der Waals surface area contributed by atoms with Gasteiger partial charge in [-0.05, 0) is 68.9 Å². The number of benzene rings is 2. The lowest BCUT2D eigenvalue weighted by Crippen LogP contribution is -2.43. The maximum Gasteiger partial charge on any atom is 0.258 e. The van der Waals surface area contributed by atoms with Crippen molar-refractivity contribution in [3.05, 3.63) is 64.7 Å². The number of carbonyl (C=O) groups is 2. The van der Waals surface area contributed by atoms with Crippen LogP contribution in [0.2, 0.25) is 0 Å². The Labute approximate surface area is 191 Å². The molecule has 1 N–H and O–H groups in total. The highest BCUT2D eigenvalue weighted by Gasteiger charge is 2.36. The number of nitrogens with zero attached hydrogens (tertiary/aromatic N) is 1. The summed E-state index contributed by atoms with van der Waals surface area (Å²) in [6, 6.07) is 14.4. The summed E-state index contributed by atoms with van der Waals surface area (Å²) in [5, 5.41) is 2.85. The van der Waals surface area contributed by atoms with Crippen LogP contribution in [0.3, 0.4) is 0 Å². The predicted octanol–water partition coefficient (Wildman–Crippen LogP) is 4.56. The summed E-state index contributed by atoms with van der Waals surface area (Å²) in [5.41, 5.74) is 4.66. The van der Waals surface area contributed by atoms with Gasteiger partial charge in [0.05, 0.1) is 6.04 Å². The number of aryl methyl sites for hydroxylation is 1. The van der Waals surface area contributed by atoms with Gasteiger partial charge in [0.2, 0.25) is 5.91 Å². The Kier molecular flexibility index (Phi) is 6.83. The highest BCUT2D eigenvalue weighted by atomic mass is 16.5. The van der Waals surface area contributed by atoms with Gasteiger partial charge >= 0.3 is 0 Å². The Bertz CT molecular complexity index is 979. The van der Waals surface area contributed by atoms with E-state index in [0.29, 0.717) is 5.75 Å². The molecule has 2 amide bonds. The van der Waals surface area contributed by atoms with E-state index in [2.05, 4.69) is 47.5 Å². The van der Waals surface area contributed by atoms with Crippen LogP contribution in [0.5, 0.6) is 5.75 Å². The Balaban J connectivity index is 1.65. The van der Waals surface area contributed by atoms with Crippen molar-refractivity contribution in [3.8, 4) is 5.75 Å². The highest BCUT2D eigenvalue weighted by Crippen LogP contribution is 2.39. The largest absolute Gasteiger partial charge is 0.484 e. The maximum atomic E-state index is 13.5. The van der Waals surface area contributed by atoms with E-state index in [0.717, 1.165) is 49.8 Å². The summed E-state index contributed by atoms with van der Waals surface area (Å²) >= 11 is 0. The highest BCUT2D eigenvalue weighted by molar-refractivity contribution is 5.80. The van der Waals surface area contributed by atoms with Crippen LogP contribution in [-0.4, -0.2) is 35.9 Å². The molecule has 0 saturated heterocycles. The van der Waals surface area contributed by atoms with Crippen LogP contribution in [0.25, 0.3) is 0 Å². The number of hydrogen-bond acceptors (Lipinski definition) is 3. The number of rotatable bonds is 6. The normalized spacial score (nSPS) is 18.5. The fourth-order valence-electron chi connectivity index (χ4n) is 5.04. The molecule has 2 aliphatic rings. The van der Waals surface area contributed by atoms with E-state index in [1.165, 1.54) is 11.1 Å². The minimum Gasteiger partial charge on any atom is -0.484 e. The monoisotopic (exact) mass is 434 g/mol. The number of ether oxygens (including phenoxy) is 1. The van der Waals surface area contributed by atoms with Crippen molar-refractivity contribution in [2.45, 2.75) is 65.0 Å². The second-order valence-electron chi connectivity index (χ2n) is 9.45. The molecule has 1 aliphatic heterocycles. The smallest absolute Gasteiger partial charge is 0.258 e. The first-order valence-corrected chi connectivity index (χ1v) is 11.8. The lowest BCUT2D eigenvalue weighted by Gasteiger charge is -2.39. The number of fused-ring (bicyclic) bond motifs is 1. The molecule has 1 saturated carbocycles. The standard InChI is InChI=1S/C27H34N2O3/c1-18(2)28-25(30)17-32-23-12-11-20-13-14-29(27(31)21-8-4-5-9-21)26(24(20)16-23)22-10-6-7-19(3)15-22/h6-7,10-12,15-16,18,21,26H,4-5,8-9,13-14,17H2,1-3H3,(H,28,30)/t26-/m1/s1. The minimum absolute atomic E-state index is 0.0171. The molecule has 0 bridgehead atoms. The quantitative estimate of drug-likeness (QED) is 0.725. The third kappa shape index (κ3) is 4.98. The summed E-state index contributed by atoms with van der Waals surface area (Å²) in [4.78, 5) is 27.6. The summed E-state index contributed by atoms with van der Waals surface area (Å²) in [6.45, 7) is 6.66. The molecule has 4 rings (SSSR count). The molecule has 170 valence electrons. The van der Waals surface area contributed by atoms with Gasteiger partial charge in [0.25, 0.3) is 5.91 Å². The lowest BCUT2D eigenvalue weighted by molar-refractivity contribution is -0.137. The minimum atomic E-state index is -0.133. The summed E-state index contributed by atoms with van der Waals surface area (Å²) < 4.78 is 5.82. The van der Waals surface area contributed by atoms with E-state index in [1.807, 2.05) is 26.0 Å². The molecule has 0 aromatic heterocycles. The Morgan fingerprint density at radius 3 is 2.62 bits per heavy atom. The van der Waals surface area contributed by atoms with Crippen molar-refractivity contribution >= 4 is 11.8 Å². The zero-order valence-corrected chi connectivity index (χ0v) is 19.4. The van der Waals surface area contributed by atoms with Gasteiger partial charge in [0, 0.05) is 18.5 Å². The van der Waals surface area contributed by atoms with Crippen LogP contribution in [0.1, 0.15) is 67.8 Å². The van der Waals surface area contributed by atoms with E-state index < -0.39 is 0 Å². The molecule has 1 atom stereocenters. The molecule has 2 aromatic rings. The molecule has 32 heavy (non-hydrogen) atoms. The average molecular weight is 435 g/mol. The SMILES string of the molecule is Cc1cccc([C@@H]2c3cc(OCC(=O)NC(C)C)ccc3CCN2C(=O)C2CCCC2)c1. The van der Waals surface area contributed by atoms with Crippen LogP contribution >= 0.6 is 0 Å². The van der Waals surface area contributed by atoms with Crippen molar-refractivity contribution in [1.82, 2.24) is 10.2 Å². The van der Waals surface area contributed by atoms with Crippen molar-refractivity contribution in [1.29, 1.82) is 0 Å². The van der Waals surface area contributed by atoms with Crippen molar-refractivity contribution < 1.29 is 14.3 Å². The van der Waals surface area contributed by atoms with Crippen LogP contribution < -0.4 is 10.1 Å². The van der Waals surface area contributed by atoms with Crippen LogP contribution in [-0.2, 0) is 16.0 Å². The van der Waals surface area contributed by atoms with E-state index in [1.54, 1.807) is 0 Å². The van der Waals surface area contributed by atoms with Gasteiger partial charge in [0.1, 0.15) is 5.75 Å². The third-order valence-corrected chi connectivity index (χ3v) is 6.51. The number of hydrogen-bond donors (Lipinski definition) is 1. The third-order valence-electron chi connectivity index (χ3n) is 6.51. The zero-order chi connectivity index (χ0) is 22.7. The van der Waals surface area contributed by atoms with Gasteiger partial charge in [-0.2, -0.15) is 0 Å². The molecule has 0 spiro atoms. The van der Waals surface area contributed by atoms with E-state index in [-0.39, 0.29) is 36.4 Å². The molecule has 5 heteroatoms. The van der Waals surface area contributed by atoms with Crippen molar-refractivity contribution in [3.63, 3.8) is 0 Å².